The number of nitrogens with two attached hydrogens (primary N) is 1. The van der Waals surface area contributed by atoms with Crippen LogP contribution >= 0.6 is 0 Å². The van der Waals surface area contributed by atoms with Crippen molar-refractivity contribution in [1.29, 1.82) is 0 Å². The fraction of sp³-hybridized carbons (Fsp3) is 0.571. The largest absolute Gasteiger partial charge is 0.326 e. The number of hydrogen-bond donors (Lipinski definition) is 1. The Balaban J connectivity index is 1.79. The first-order chi connectivity index (χ1) is 7.54. The van der Waals surface area contributed by atoms with E-state index in [1.165, 1.54) is 17.5 Å². The highest BCUT2D eigenvalue weighted by Gasteiger charge is 2.18. The summed E-state index contributed by atoms with van der Waals surface area (Å²) in [6, 6.07) is 8.74. The summed E-state index contributed by atoms with van der Waals surface area (Å²) in [5, 5.41) is 0. The lowest BCUT2D eigenvalue weighted by molar-refractivity contribution is 0.267. The Morgan fingerprint density at radius 3 is 2.25 bits per heavy atom. The third-order valence-electron chi connectivity index (χ3n) is 3.20. The van der Waals surface area contributed by atoms with Gasteiger partial charge in [0.15, 0.2) is 0 Å². The van der Waals surface area contributed by atoms with Gasteiger partial charge in [0.25, 0.3) is 0 Å². The molecule has 0 radical (unpaired) electrons. The van der Waals surface area contributed by atoms with Crippen molar-refractivity contribution in [3.05, 3.63) is 35.4 Å². The van der Waals surface area contributed by atoms with Gasteiger partial charge >= 0.3 is 0 Å². The van der Waals surface area contributed by atoms with Gasteiger partial charge in [-0.05, 0) is 44.4 Å². The molecule has 0 fully saturated rings. The molecule has 0 spiro atoms. The number of nitrogens with zero attached hydrogens (tertiary/aromatic N) is 1. The van der Waals surface area contributed by atoms with Crippen LogP contribution in [-0.4, -0.2) is 17.0 Å². The van der Waals surface area contributed by atoms with E-state index >= 15 is 0 Å². The molecule has 0 amide bonds. The summed E-state index contributed by atoms with van der Waals surface area (Å²) in [7, 11) is 0. The predicted octanol–water partition coefficient (Wildman–Crippen LogP) is 2.52. The molecule has 2 rings (SSSR count). The molecule has 0 atom stereocenters. The molecule has 1 heterocycles. The maximum absolute atomic E-state index is 5.99. The Kier molecular flexibility index (Phi) is 3.31. The van der Waals surface area contributed by atoms with Crippen molar-refractivity contribution in [2.45, 2.75) is 45.3 Å². The molecule has 1 aliphatic heterocycles. The molecular weight excluding hydrogens is 196 g/mol. The molecule has 0 bridgehead atoms. The number of rotatable bonds is 4. The van der Waals surface area contributed by atoms with Crippen LogP contribution in [0.3, 0.4) is 0 Å². The van der Waals surface area contributed by atoms with Crippen molar-refractivity contribution >= 4 is 0 Å². The molecule has 2 heteroatoms. The molecule has 0 aliphatic carbocycles. The number of benzene rings is 1. The maximum atomic E-state index is 5.99. The quantitative estimate of drug-likeness (QED) is 0.841. The standard InChI is InChI=1S/C14H22N2/c1-14(2,15)8-5-9-16-10-12-6-3-4-7-13(12)11-16/h3-4,6-7H,5,8-11,15H2,1-2H3. The first-order valence-electron chi connectivity index (χ1n) is 6.13. The topological polar surface area (TPSA) is 29.3 Å². The molecule has 88 valence electrons. The van der Waals surface area contributed by atoms with Crippen molar-refractivity contribution in [2.24, 2.45) is 5.73 Å². The minimum atomic E-state index is -0.0213. The van der Waals surface area contributed by atoms with E-state index in [1.54, 1.807) is 0 Å². The number of fused-ring (bicyclic) bond motifs is 1. The third-order valence-corrected chi connectivity index (χ3v) is 3.20. The van der Waals surface area contributed by atoms with E-state index in [-0.39, 0.29) is 5.54 Å². The van der Waals surface area contributed by atoms with Gasteiger partial charge in [0.2, 0.25) is 0 Å². The minimum absolute atomic E-state index is 0.0213. The fourth-order valence-electron chi connectivity index (χ4n) is 2.32. The second kappa shape index (κ2) is 4.56. The number of hydrogen-bond acceptors (Lipinski definition) is 2. The zero-order valence-electron chi connectivity index (χ0n) is 10.4. The van der Waals surface area contributed by atoms with Crippen molar-refractivity contribution in [2.75, 3.05) is 6.54 Å². The van der Waals surface area contributed by atoms with Crippen LogP contribution in [0, 0.1) is 0 Å². The van der Waals surface area contributed by atoms with Crippen LogP contribution in [0.2, 0.25) is 0 Å². The predicted molar refractivity (Wildman–Crippen MR) is 68.1 cm³/mol. The summed E-state index contributed by atoms with van der Waals surface area (Å²) in [6.07, 6.45) is 2.29. The summed E-state index contributed by atoms with van der Waals surface area (Å²) in [5.41, 5.74) is 8.95. The molecule has 1 aromatic rings. The SMILES string of the molecule is CC(C)(N)CCCN1Cc2ccccc2C1. The van der Waals surface area contributed by atoms with Crippen LogP contribution in [0.15, 0.2) is 24.3 Å². The molecule has 2 nitrogen and oxygen atoms in total. The molecule has 2 N–H and O–H groups in total. The van der Waals surface area contributed by atoms with Crippen LogP contribution in [0.5, 0.6) is 0 Å². The molecule has 0 unspecified atom stereocenters. The first kappa shape index (κ1) is 11.6. The molecule has 16 heavy (non-hydrogen) atoms. The lowest BCUT2D eigenvalue weighted by Crippen LogP contribution is -2.32. The average molecular weight is 218 g/mol. The van der Waals surface area contributed by atoms with Crippen molar-refractivity contribution in [3.63, 3.8) is 0 Å². The second-order valence-electron chi connectivity index (χ2n) is 5.57. The van der Waals surface area contributed by atoms with Crippen molar-refractivity contribution in [3.8, 4) is 0 Å². The van der Waals surface area contributed by atoms with Gasteiger partial charge in [-0.1, -0.05) is 24.3 Å². The normalized spacial score (nSPS) is 16.4. The highest BCUT2D eigenvalue weighted by Crippen LogP contribution is 2.22. The summed E-state index contributed by atoms with van der Waals surface area (Å²) in [5.74, 6) is 0. The second-order valence-corrected chi connectivity index (χ2v) is 5.57. The lowest BCUT2D eigenvalue weighted by Gasteiger charge is -2.21. The van der Waals surface area contributed by atoms with Crippen LogP contribution < -0.4 is 5.73 Å². The van der Waals surface area contributed by atoms with Gasteiger partial charge in [-0.15, -0.1) is 0 Å². The fourth-order valence-corrected chi connectivity index (χ4v) is 2.32. The van der Waals surface area contributed by atoms with Gasteiger partial charge in [0.1, 0.15) is 0 Å². The van der Waals surface area contributed by atoms with Crippen molar-refractivity contribution < 1.29 is 0 Å². The van der Waals surface area contributed by atoms with Gasteiger partial charge in [0, 0.05) is 18.6 Å². The van der Waals surface area contributed by atoms with E-state index in [9.17, 15) is 0 Å². The van der Waals surface area contributed by atoms with Gasteiger partial charge in [-0.3, -0.25) is 4.90 Å². The summed E-state index contributed by atoms with van der Waals surface area (Å²) in [6.45, 7) is 7.59. The van der Waals surface area contributed by atoms with Crippen LogP contribution in [0.4, 0.5) is 0 Å². The Morgan fingerprint density at radius 2 is 1.75 bits per heavy atom. The molecule has 1 aromatic carbocycles. The van der Waals surface area contributed by atoms with E-state index in [2.05, 4.69) is 43.0 Å². The molecule has 0 saturated carbocycles. The zero-order valence-corrected chi connectivity index (χ0v) is 10.4. The molecule has 1 aliphatic rings. The Hall–Kier alpha value is -0.860. The summed E-state index contributed by atoms with van der Waals surface area (Å²) in [4.78, 5) is 2.51. The Labute approximate surface area is 98.4 Å². The van der Waals surface area contributed by atoms with E-state index in [0.717, 1.165) is 26.1 Å². The minimum Gasteiger partial charge on any atom is -0.326 e. The van der Waals surface area contributed by atoms with E-state index in [0.29, 0.717) is 0 Å². The molecule has 0 saturated heterocycles. The summed E-state index contributed by atoms with van der Waals surface area (Å²) < 4.78 is 0. The van der Waals surface area contributed by atoms with Crippen LogP contribution in [0.25, 0.3) is 0 Å². The van der Waals surface area contributed by atoms with Gasteiger partial charge in [-0.2, -0.15) is 0 Å². The van der Waals surface area contributed by atoms with Crippen LogP contribution in [0.1, 0.15) is 37.8 Å². The maximum Gasteiger partial charge on any atom is 0.0240 e. The smallest absolute Gasteiger partial charge is 0.0240 e. The summed E-state index contributed by atoms with van der Waals surface area (Å²) >= 11 is 0. The highest BCUT2D eigenvalue weighted by atomic mass is 15.1. The molecule has 0 aromatic heterocycles. The third kappa shape index (κ3) is 3.06. The van der Waals surface area contributed by atoms with Gasteiger partial charge < -0.3 is 5.73 Å². The highest BCUT2D eigenvalue weighted by molar-refractivity contribution is 5.30. The lowest BCUT2D eigenvalue weighted by atomic mass is 10.0. The zero-order chi connectivity index (χ0) is 11.6. The van der Waals surface area contributed by atoms with Gasteiger partial charge in [0.05, 0.1) is 0 Å². The van der Waals surface area contributed by atoms with E-state index in [4.69, 9.17) is 5.73 Å². The van der Waals surface area contributed by atoms with E-state index < -0.39 is 0 Å². The monoisotopic (exact) mass is 218 g/mol. The molecular formula is C14H22N2. The van der Waals surface area contributed by atoms with Crippen molar-refractivity contribution in [1.82, 2.24) is 4.90 Å². The first-order valence-corrected chi connectivity index (χ1v) is 6.13. The Bertz CT molecular complexity index is 327. The Morgan fingerprint density at radius 1 is 1.19 bits per heavy atom. The van der Waals surface area contributed by atoms with E-state index in [1.807, 2.05) is 0 Å². The van der Waals surface area contributed by atoms with Crippen LogP contribution in [-0.2, 0) is 13.1 Å². The average Bonchev–Trinajstić information content (AvgIpc) is 2.57. The van der Waals surface area contributed by atoms with Gasteiger partial charge in [-0.25, -0.2) is 0 Å².